The van der Waals surface area contributed by atoms with Crippen LogP contribution in [0.4, 0.5) is 0 Å². The Morgan fingerprint density at radius 2 is 0.983 bits per heavy atom. The van der Waals surface area contributed by atoms with E-state index in [1.807, 2.05) is 12.1 Å². The van der Waals surface area contributed by atoms with Crippen molar-refractivity contribution < 1.29 is 4.42 Å². The van der Waals surface area contributed by atoms with Crippen LogP contribution in [0.15, 0.2) is 192 Å². The molecule has 0 aliphatic carbocycles. The van der Waals surface area contributed by atoms with Gasteiger partial charge in [0, 0.05) is 48.8 Å². The zero-order valence-electron chi connectivity index (χ0n) is 31.7. The Morgan fingerprint density at radius 1 is 0.379 bits per heavy atom. The minimum absolute atomic E-state index is 0.896. The van der Waals surface area contributed by atoms with E-state index < -0.39 is 0 Å². The van der Waals surface area contributed by atoms with Crippen molar-refractivity contribution in [3.05, 3.63) is 194 Å². The highest BCUT2D eigenvalue weighted by molar-refractivity contribution is 6.24. The molecular weight excluding hydrogens is 705 g/mol. The van der Waals surface area contributed by atoms with Gasteiger partial charge in [-0.1, -0.05) is 164 Å². The first kappa shape index (κ1) is 32.6. The van der Waals surface area contributed by atoms with Crippen molar-refractivity contribution in [3.8, 4) is 44.8 Å². The van der Waals surface area contributed by atoms with Gasteiger partial charge in [0.25, 0.3) is 0 Å². The summed E-state index contributed by atoms with van der Waals surface area (Å²) < 4.78 is 6.56. The number of fused-ring (bicyclic) bond motifs is 11. The molecule has 0 N–H and O–H groups in total. The molecule has 3 aromatic heterocycles. The predicted octanol–water partition coefficient (Wildman–Crippen LogP) is 15.1. The van der Waals surface area contributed by atoms with Crippen molar-refractivity contribution in [1.82, 2.24) is 9.97 Å². The smallest absolute Gasteiger partial charge is 0.144 e. The Morgan fingerprint density at radius 3 is 1.83 bits per heavy atom. The number of aryl methyl sites for hydroxylation is 1. The number of aromatic nitrogens is 2. The number of furan rings is 1. The molecule has 3 nitrogen and oxygen atoms in total. The van der Waals surface area contributed by atoms with E-state index in [1.165, 1.54) is 43.8 Å². The standard InChI is InChI=1S/C55H34N2O/c1-33-39(34-11-3-2-4-12-34)27-25-36-21-24-38-26-32-49(57-54(38)51(33)36)43-29-28-40(41-13-5-6-14-42(41)43)35-19-22-37(23-20-35)53-47-31-30-45-44-15-8-10-18-50(44)58-55(45)52(47)46-16-7-9-17-48(46)56-53/h2-32H,1H3. The molecule has 3 heterocycles. The van der Waals surface area contributed by atoms with Crippen LogP contribution < -0.4 is 0 Å². The molecule has 0 atom stereocenters. The van der Waals surface area contributed by atoms with Crippen molar-refractivity contribution >= 4 is 76.1 Å². The molecule has 3 heteroatoms. The first-order valence-corrected chi connectivity index (χ1v) is 19.8. The lowest BCUT2D eigenvalue weighted by Gasteiger charge is -2.15. The van der Waals surface area contributed by atoms with Crippen LogP contribution in [-0.4, -0.2) is 9.97 Å². The van der Waals surface area contributed by atoms with Gasteiger partial charge in [-0.25, -0.2) is 9.97 Å². The zero-order chi connectivity index (χ0) is 38.3. The minimum atomic E-state index is 0.896. The van der Waals surface area contributed by atoms with Gasteiger partial charge in [0.1, 0.15) is 11.2 Å². The summed E-state index contributed by atoms with van der Waals surface area (Å²) in [6, 6.07) is 67.0. The highest BCUT2D eigenvalue weighted by Gasteiger charge is 2.18. The highest BCUT2D eigenvalue weighted by Crippen LogP contribution is 2.42. The number of benzene rings is 9. The van der Waals surface area contributed by atoms with Crippen LogP contribution in [0, 0.1) is 6.92 Å². The quantitative estimate of drug-likeness (QED) is 0.169. The van der Waals surface area contributed by atoms with Crippen LogP contribution in [-0.2, 0) is 0 Å². The molecule has 270 valence electrons. The van der Waals surface area contributed by atoms with Crippen LogP contribution in [0.25, 0.3) is 121 Å². The molecule has 0 saturated carbocycles. The SMILES string of the molecule is Cc1c(-c2ccccc2)ccc2ccc3ccc(-c4ccc(-c5ccc(-c6nc7ccccc7c7c6ccc6c8ccccc8oc67)cc5)c5ccccc45)nc3c12. The van der Waals surface area contributed by atoms with Gasteiger partial charge in [-0.3, -0.25) is 0 Å². The van der Waals surface area contributed by atoms with Crippen molar-refractivity contribution in [3.63, 3.8) is 0 Å². The molecular formula is C55H34N2O. The molecule has 0 amide bonds. The third-order valence-electron chi connectivity index (χ3n) is 12.1. The molecule has 0 aliphatic heterocycles. The fourth-order valence-electron chi connectivity index (χ4n) is 9.27. The van der Waals surface area contributed by atoms with Gasteiger partial charge in [-0.2, -0.15) is 0 Å². The van der Waals surface area contributed by atoms with Crippen LogP contribution >= 0.6 is 0 Å². The normalized spacial score (nSPS) is 11.9. The number of hydrogen-bond acceptors (Lipinski definition) is 3. The summed E-state index contributed by atoms with van der Waals surface area (Å²) in [7, 11) is 0. The molecule has 0 spiro atoms. The Kier molecular flexibility index (Phi) is 7.14. The first-order chi connectivity index (χ1) is 28.7. The average Bonchev–Trinajstić information content (AvgIpc) is 3.67. The van der Waals surface area contributed by atoms with Crippen molar-refractivity contribution in [1.29, 1.82) is 0 Å². The Balaban J connectivity index is 0.976. The highest BCUT2D eigenvalue weighted by atomic mass is 16.3. The molecule has 58 heavy (non-hydrogen) atoms. The van der Waals surface area contributed by atoms with Crippen molar-refractivity contribution in [2.45, 2.75) is 6.92 Å². The van der Waals surface area contributed by atoms with E-state index in [9.17, 15) is 0 Å². The van der Waals surface area contributed by atoms with E-state index in [0.29, 0.717) is 0 Å². The molecule has 12 rings (SSSR count). The van der Waals surface area contributed by atoms with Gasteiger partial charge in [0.15, 0.2) is 0 Å². The van der Waals surface area contributed by atoms with E-state index in [0.717, 1.165) is 82.6 Å². The largest absolute Gasteiger partial charge is 0.455 e. The predicted molar refractivity (Wildman–Crippen MR) is 243 cm³/mol. The molecule has 12 aromatic rings. The number of pyridine rings is 2. The van der Waals surface area contributed by atoms with E-state index in [-0.39, 0.29) is 0 Å². The average molecular weight is 739 g/mol. The van der Waals surface area contributed by atoms with Crippen LogP contribution in [0.1, 0.15) is 5.56 Å². The van der Waals surface area contributed by atoms with Crippen molar-refractivity contribution in [2.75, 3.05) is 0 Å². The Bertz CT molecular complexity index is 3620. The van der Waals surface area contributed by atoms with E-state index in [1.54, 1.807) is 0 Å². The maximum Gasteiger partial charge on any atom is 0.144 e. The summed E-state index contributed by atoms with van der Waals surface area (Å²) in [6.45, 7) is 2.23. The lowest BCUT2D eigenvalue weighted by Crippen LogP contribution is -1.93. The molecule has 0 aliphatic rings. The second-order valence-electron chi connectivity index (χ2n) is 15.3. The van der Waals surface area contributed by atoms with E-state index >= 15 is 0 Å². The fraction of sp³-hybridized carbons (Fsp3) is 0.0182. The number of nitrogens with zero attached hydrogens (tertiary/aromatic N) is 2. The first-order valence-electron chi connectivity index (χ1n) is 19.8. The van der Waals surface area contributed by atoms with Gasteiger partial charge in [-0.15, -0.1) is 0 Å². The Hall–Kier alpha value is -7.62. The topological polar surface area (TPSA) is 38.9 Å². The third kappa shape index (κ3) is 4.93. The summed E-state index contributed by atoms with van der Waals surface area (Å²) >= 11 is 0. The van der Waals surface area contributed by atoms with Crippen LogP contribution in [0.2, 0.25) is 0 Å². The maximum atomic E-state index is 6.56. The Labute approximate surface area is 334 Å². The molecule has 0 unspecified atom stereocenters. The lowest BCUT2D eigenvalue weighted by atomic mass is 9.91. The summed E-state index contributed by atoms with van der Waals surface area (Å²) in [5, 5.41) is 11.4. The molecule has 0 fully saturated rings. The van der Waals surface area contributed by atoms with Gasteiger partial charge in [0.2, 0.25) is 0 Å². The molecule has 9 aromatic carbocycles. The van der Waals surface area contributed by atoms with E-state index in [4.69, 9.17) is 14.4 Å². The lowest BCUT2D eigenvalue weighted by molar-refractivity contribution is 0.673. The third-order valence-corrected chi connectivity index (χ3v) is 12.1. The van der Waals surface area contributed by atoms with Gasteiger partial charge in [0.05, 0.1) is 22.4 Å². The van der Waals surface area contributed by atoms with Gasteiger partial charge >= 0.3 is 0 Å². The maximum absolute atomic E-state index is 6.56. The van der Waals surface area contributed by atoms with Crippen molar-refractivity contribution in [2.24, 2.45) is 0 Å². The molecule has 0 radical (unpaired) electrons. The molecule has 0 saturated heterocycles. The number of hydrogen-bond donors (Lipinski definition) is 0. The second-order valence-corrected chi connectivity index (χ2v) is 15.3. The zero-order valence-corrected chi connectivity index (χ0v) is 31.7. The second kappa shape index (κ2) is 12.7. The van der Waals surface area contributed by atoms with Crippen LogP contribution in [0.3, 0.4) is 0 Å². The number of rotatable bonds is 4. The van der Waals surface area contributed by atoms with Gasteiger partial charge < -0.3 is 4.42 Å². The van der Waals surface area contributed by atoms with E-state index in [2.05, 4.69) is 183 Å². The molecule has 0 bridgehead atoms. The fourth-order valence-corrected chi connectivity index (χ4v) is 9.27. The summed E-state index contributed by atoms with van der Waals surface area (Å²) in [4.78, 5) is 10.7. The number of para-hydroxylation sites is 2. The summed E-state index contributed by atoms with van der Waals surface area (Å²) in [5.41, 5.74) is 13.9. The van der Waals surface area contributed by atoms with Gasteiger partial charge in [-0.05, 0) is 75.2 Å². The summed E-state index contributed by atoms with van der Waals surface area (Å²) in [5.74, 6) is 0. The minimum Gasteiger partial charge on any atom is -0.455 e. The monoisotopic (exact) mass is 738 g/mol. The summed E-state index contributed by atoms with van der Waals surface area (Å²) in [6.07, 6.45) is 0. The van der Waals surface area contributed by atoms with Crippen LogP contribution in [0.5, 0.6) is 0 Å².